The van der Waals surface area contributed by atoms with Crippen LogP contribution in [0.2, 0.25) is 0 Å². The number of esters is 1. The Morgan fingerprint density at radius 2 is 1.79 bits per heavy atom. The number of nitrogens with zero attached hydrogens (tertiary/aromatic N) is 1. The number of H-pyrrole nitrogens is 1. The summed E-state index contributed by atoms with van der Waals surface area (Å²) in [6, 6.07) is 6.50. The van der Waals surface area contributed by atoms with Crippen LogP contribution in [0.5, 0.6) is 11.6 Å². The van der Waals surface area contributed by atoms with Crippen molar-refractivity contribution in [3.8, 4) is 11.6 Å². The average molecular weight is 750 g/mol. The van der Waals surface area contributed by atoms with Crippen LogP contribution in [-0.2, 0) is 23.9 Å². The third-order valence-corrected chi connectivity index (χ3v) is 8.00. The third-order valence-electron chi connectivity index (χ3n) is 8.00. The quantitative estimate of drug-likeness (QED) is 0.142. The molecule has 1 aromatic carbocycles. The van der Waals surface area contributed by atoms with Crippen LogP contribution in [0, 0.1) is 18.8 Å². The molecule has 0 unspecified atom stereocenters. The zero-order valence-electron chi connectivity index (χ0n) is 29.7. The van der Waals surface area contributed by atoms with Gasteiger partial charge < -0.3 is 40.3 Å². The number of ether oxygens (including phenoxy) is 3. The van der Waals surface area contributed by atoms with Gasteiger partial charge in [0.25, 0.3) is 5.91 Å². The summed E-state index contributed by atoms with van der Waals surface area (Å²) in [6.07, 6.45) is -2.81. The first-order valence-electron chi connectivity index (χ1n) is 16.6. The van der Waals surface area contributed by atoms with Crippen molar-refractivity contribution in [1.29, 1.82) is 0 Å². The molecule has 0 bridgehead atoms. The standard InChI is InChI=1S/C33H41N5O8.C2HF3O2/c1-6-45-32-28(19(4)10-12-35-32)33(43)46-17-26(39)23(15-20-11-13-34-29(20)40)37-30(41)24(14-18(2)3)38-31(42)25-16-21-22(36-25)8-7-9-27(21)44-5;3-2(4,5)1(6)7/h7-10,12,16,18,20,23-24,36H,6,11,13-15,17H2,1-5H3,(H,34,40)(H,37,41)(H,38,42);(H,6,7)/t20-,23-,24-;/m0./s1. The Labute approximate surface area is 302 Å². The molecule has 3 atom stereocenters. The number of Topliss-reactive ketones (excluding diaryl/α,β-unsaturated/α-hetero) is 1. The zero-order valence-corrected chi connectivity index (χ0v) is 29.7. The van der Waals surface area contributed by atoms with E-state index in [1.54, 1.807) is 38.1 Å². The molecule has 4 rings (SSSR count). The predicted octanol–water partition coefficient (Wildman–Crippen LogP) is 3.49. The first-order chi connectivity index (χ1) is 25.0. The number of aromatic amines is 1. The number of benzene rings is 1. The number of hydrogen-bond acceptors (Lipinski definition) is 10. The van der Waals surface area contributed by atoms with Crippen molar-refractivity contribution in [1.82, 2.24) is 25.9 Å². The van der Waals surface area contributed by atoms with Gasteiger partial charge in [-0.25, -0.2) is 14.6 Å². The molecule has 0 spiro atoms. The molecule has 0 aliphatic carbocycles. The van der Waals surface area contributed by atoms with Crippen molar-refractivity contribution < 1.29 is 61.3 Å². The molecule has 288 valence electrons. The Morgan fingerprint density at radius 1 is 1.09 bits per heavy atom. The minimum absolute atomic E-state index is 0.00817. The van der Waals surface area contributed by atoms with Gasteiger partial charge in [-0.15, -0.1) is 0 Å². The normalized spacial score (nSPS) is 15.0. The number of carboxylic acid groups (broad SMARTS) is 1. The molecule has 3 aromatic rings. The lowest BCUT2D eigenvalue weighted by molar-refractivity contribution is -0.192. The maximum absolute atomic E-state index is 13.7. The van der Waals surface area contributed by atoms with E-state index in [2.05, 4.69) is 25.9 Å². The van der Waals surface area contributed by atoms with E-state index in [9.17, 15) is 37.1 Å². The van der Waals surface area contributed by atoms with Crippen LogP contribution in [0.3, 0.4) is 0 Å². The molecule has 18 heteroatoms. The second-order valence-corrected chi connectivity index (χ2v) is 12.4. The van der Waals surface area contributed by atoms with Gasteiger partial charge in [0.05, 0.1) is 19.8 Å². The molecule has 15 nitrogen and oxygen atoms in total. The van der Waals surface area contributed by atoms with E-state index in [0.29, 0.717) is 35.2 Å². The highest BCUT2D eigenvalue weighted by Gasteiger charge is 2.38. The Bertz CT molecular complexity index is 1810. The highest BCUT2D eigenvalue weighted by molar-refractivity contribution is 6.02. The summed E-state index contributed by atoms with van der Waals surface area (Å²) in [6.45, 7) is 7.33. The average Bonchev–Trinajstić information content (AvgIpc) is 3.72. The zero-order chi connectivity index (χ0) is 39.5. The Morgan fingerprint density at radius 3 is 2.38 bits per heavy atom. The summed E-state index contributed by atoms with van der Waals surface area (Å²) in [4.78, 5) is 81.9. The first-order valence-corrected chi connectivity index (χ1v) is 16.6. The number of fused-ring (bicyclic) bond motifs is 1. The monoisotopic (exact) mass is 749 g/mol. The summed E-state index contributed by atoms with van der Waals surface area (Å²) in [5.74, 6) is -5.31. The number of aryl methyl sites for hydroxylation is 1. The SMILES string of the molecule is CCOc1nccc(C)c1C(=O)OCC(=O)[C@H](C[C@@H]1CCNC1=O)NC(=O)[C@H](CC(C)C)NC(=O)c1cc2c(OC)cccc2[nH]1.O=C(O)C(F)(F)F. The minimum Gasteiger partial charge on any atom is -0.496 e. The summed E-state index contributed by atoms with van der Waals surface area (Å²) in [5, 5.41) is 16.1. The van der Waals surface area contributed by atoms with E-state index in [-0.39, 0.29) is 48.4 Å². The maximum Gasteiger partial charge on any atom is 0.490 e. The van der Waals surface area contributed by atoms with Gasteiger partial charge >= 0.3 is 18.1 Å². The second-order valence-electron chi connectivity index (χ2n) is 12.4. The maximum atomic E-state index is 13.7. The molecular weight excluding hydrogens is 707 g/mol. The molecule has 0 radical (unpaired) electrons. The number of alkyl halides is 3. The fraction of sp³-hybridized carbons (Fsp3) is 0.457. The lowest BCUT2D eigenvalue weighted by atomic mass is 9.95. The molecule has 1 aliphatic rings. The van der Waals surface area contributed by atoms with Crippen molar-refractivity contribution in [3.05, 3.63) is 53.3 Å². The second kappa shape index (κ2) is 18.7. The number of carbonyl (C=O) groups is 6. The molecule has 3 amide bonds. The van der Waals surface area contributed by atoms with E-state index in [1.807, 2.05) is 19.9 Å². The number of pyridine rings is 1. The number of ketones is 1. The molecule has 1 fully saturated rings. The number of aliphatic carboxylic acids is 1. The molecular formula is C35H42F3N5O10. The van der Waals surface area contributed by atoms with Gasteiger partial charge in [0.15, 0.2) is 12.4 Å². The number of halogens is 3. The van der Waals surface area contributed by atoms with Gasteiger partial charge in [0.1, 0.15) is 23.0 Å². The largest absolute Gasteiger partial charge is 0.496 e. The van der Waals surface area contributed by atoms with Gasteiger partial charge in [0, 0.05) is 29.6 Å². The number of hydrogen-bond donors (Lipinski definition) is 5. The van der Waals surface area contributed by atoms with Crippen LogP contribution in [0.1, 0.15) is 66.4 Å². The molecule has 3 heterocycles. The summed E-state index contributed by atoms with van der Waals surface area (Å²) in [5.41, 5.74) is 1.59. The number of carbonyl (C=O) groups excluding carboxylic acids is 5. The summed E-state index contributed by atoms with van der Waals surface area (Å²) >= 11 is 0. The molecule has 2 aromatic heterocycles. The van der Waals surface area contributed by atoms with Gasteiger partial charge in [-0.2, -0.15) is 13.2 Å². The fourth-order valence-electron chi connectivity index (χ4n) is 5.40. The van der Waals surface area contributed by atoms with Crippen molar-refractivity contribution >= 4 is 46.3 Å². The molecule has 0 saturated carbocycles. The van der Waals surface area contributed by atoms with E-state index < -0.39 is 60.3 Å². The van der Waals surface area contributed by atoms with Crippen LogP contribution in [0.4, 0.5) is 13.2 Å². The highest BCUT2D eigenvalue weighted by Crippen LogP contribution is 2.26. The molecule has 5 N–H and O–H groups in total. The fourth-order valence-corrected chi connectivity index (χ4v) is 5.40. The first kappa shape index (κ1) is 41.7. The van der Waals surface area contributed by atoms with Gasteiger partial charge in [-0.05, 0) is 68.9 Å². The van der Waals surface area contributed by atoms with Crippen molar-refractivity contribution in [2.45, 2.75) is 65.2 Å². The number of carboxylic acids is 1. The lowest BCUT2D eigenvalue weighted by Crippen LogP contribution is -2.53. The number of nitrogens with one attached hydrogen (secondary N) is 4. The Kier molecular flexibility index (Phi) is 14.7. The molecule has 1 aliphatic heterocycles. The lowest BCUT2D eigenvalue weighted by Gasteiger charge is -2.25. The Balaban J connectivity index is 0.000000980. The summed E-state index contributed by atoms with van der Waals surface area (Å²) < 4.78 is 47.9. The van der Waals surface area contributed by atoms with Gasteiger partial charge in [0.2, 0.25) is 17.7 Å². The number of rotatable bonds is 15. The molecule has 53 heavy (non-hydrogen) atoms. The topological polar surface area (TPSA) is 215 Å². The smallest absolute Gasteiger partial charge is 0.490 e. The van der Waals surface area contributed by atoms with Gasteiger partial charge in [-0.1, -0.05) is 19.9 Å². The van der Waals surface area contributed by atoms with E-state index >= 15 is 0 Å². The molecule has 1 saturated heterocycles. The van der Waals surface area contributed by atoms with Crippen molar-refractivity contribution in [2.75, 3.05) is 26.9 Å². The van der Waals surface area contributed by atoms with Crippen LogP contribution in [-0.4, -0.2) is 95.6 Å². The van der Waals surface area contributed by atoms with Crippen LogP contribution >= 0.6 is 0 Å². The van der Waals surface area contributed by atoms with Crippen molar-refractivity contribution in [2.24, 2.45) is 11.8 Å². The third kappa shape index (κ3) is 11.7. The van der Waals surface area contributed by atoms with Crippen LogP contribution in [0.15, 0.2) is 36.5 Å². The van der Waals surface area contributed by atoms with Gasteiger partial charge in [-0.3, -0.25) is 19.2 Å². The van der Waals surface area contributed by atoms with E-state index in [4.69, 9.17) is 24.1 Å². The summed E-state index contributed by atoms with van der Waals surface area (Å²) in [7, 11) is 1.54. The minimum atomic E-state index is -5.08. The number of aromatic nitrogens is 2. The van der Waals surface area contributed by atoms with E-state index in [1.165, 1.54) is 13.3 Å². The highest BCUT2D eigenvalue weighted by atomic mass is 19.4. The van der Waals surface area contributed by atoms with Crippen molar-refractivity contribution in [3.63, 3.8) is 0 Å². The van der Waals surface area contributed by atoms with E-state index in [0.717, 1.165) is 0 Å². The van der Waals surface area contributed by atoms with Crippen LogP contribution < -0.4 is 25.4 Å². The Hall–Kier alpha value is -5.68. The number of methoxy groups -OCH3 is 1. The predicted molar refractivity (Wildman–Crippen MR) is 182 cm³/mol. The number of amides is 3. The van der Waals surface area contributed by atoms with Crippen LogP contribution in [0.25, 0.3) is 10.9 Å².